The predicted molar refractivity (Wildman–Crippen MR) is 143 cm³/mol. The predicted octanol–water partition coefficient (Wildman–Crippen LogP) is 6.76. The number of aliphatic hydroxyl groups is 1. The molecule has 0 heterocycles. The van der Waals surface area contributed by atoms with E-state index in [0.717, 1.165) is 11.1 Å². The molecule has 0 saturated heterocycles. The minimum atomic E-state index is -1.83. The summed E-state index contributed by atoms with van der Waals surface area (Å²) < 4.78 is 0. The van der Waals surface area contributed by atoms with Crippen LogP contribution in [0, 0.1) is 0 Å². The summed E-state index contributed by atoms with van der Waals surface area (Å²) >= 11 is 12.2. The maximum atomic E-state index is 13.8. The third kappa shape index (κ3) is 5.76. The molecule has 35 heavy (non-hydrogen) atoms. The highest BCUT2D eigenvalue weighted by molar-refractivity contribution is 6.30. The molecule has 2 atom stereocenters. The van der Waals surface area contributed by atoms with Crippen LogP contribution in [-0.2, 0) is 16.8 Å². The first-order chi connectivity index (χ1) is 16.9. The molecular formula is C30H27Cl2NO2. The molecule has 0 aliphatic heterocycles. The summed E-state index contributed by atoms with van der Waals surface area (Å²) in [4.78, 5) is 13.8. The summed E-state index contributed by atoms with van der Waals surface area (Å²) in [7, 11) is 0. The zero-order valence-corrected chi connectivity index (χ0v) is 20.9. The standard InChI is InChI=1S/C30H27Cl2NO2/c1-21(28(23-14-18-27(32)19-15-23)20-22-12-16-26(31)17-13-22)33-29(34)30(35,24-8-4-2-5-9-24)25-10-6-3-7-11-25/h2-19,21,28,35H,20H2,1H3,(H,33,34). The molecule has 1 amide bonds. The molecule has 0 bridgehead atoms. The number of rotatable bonds is 8. The number of carbonyl (C=O) groups is 1. The van der Waals surface area contributed by atoms with E-state index in [1.54, 1.807) is 24.3 Å². The second-order valence-electron chi connectivity index (χ2n) is 8.69. The molecule has 4 rings (SSSR count). The Hall–Kier alpha value is -3.11. The van der Waals surface area contributed by atoms with Crippen LogP contribution in [0.5, 0.6) is 0 Å². The molecule has 178 valence electrons. The molecule has 0 aliphatic carbocycles. The highest BCUT2D eigenvalue weighted by atomic mass is 35.5. The lowest BCUT2D eigenvalue weighted by molar-refractivity contribution is -0.137. The Labute approximate surface area is 216 Å². The van der Waals surface area contributed by atoms with Gasteiger partial charge in [0.2, 0.25) is 0 Å². The monoisotopic (exact) mass is 503 g/mol. The lowest BCUT2D eigenvalue weighted by Crippen LogP contribution is -2.50. The van der Waals surface area contributed by atoms with Crippen molar-refractivity contribution in [2.75, 3.05) is 0 Å². The smallest absolute Gasteiger partial charge is 0.261 e. The first kappa shape index (κ1) is 25.0. The number of halogens is 2. The van der Waals surface area contributed by atoms with Crippen molar-refractivity contribution < 1.29 is 9.90 Å². The summed E-state index contributed by atoms with van der Waals surface area (Å²) in [6.45, 7) is 1.96. The summed E-state index contributed by atoms with van der Waals surface area (Å²) in [5.74, 6) is -0.536. The summed E-state index contributed by atoms with van der Waals surface area (Å²) in [5, 5.41) is 16.3. The SMILES string of the molecule is CC(NC(=O)C(O)(c1ccccc1)c1ccccc1)C(Cc1ccc(Cl)cc1)c1ccc(Cl)cc1. The van der Waals surface area contributed by atoms with E-state index in [1.165, 1.54) is 0 Å². The average molecular weight is 504 g/mol. The highest BCUT2D eigenvalue weighted by Gasteiger charge is 2.41. The fraction of sp³-hybridized carbons (Fsp3) is 0.167. The van der Waals surface area contributed by atoms with E-state index in [0.29, 0.717) is 27.6 Å². The number of hydrogen-bond acceptors (Lipinski definition) is 2. The first-order valence-corrected chi connectivity index (χ1v) is 12.3. The van der Waals surface area contributed by atoms with Gasteiger partial charge in [-0.2, -0.15) is 0 Å². The van der Waals surface area contributed by atoms with Gasteiger partial charge in [0.25, 0.3) is 5.91 Å². The molecule has 4 aromatic carbocycles. The third-order valence-corrected chi connectivity index (χ3v) is 6.85. The van der Waals surface area contributed by atoms with E-state index in [1.807, 2.05) is 91.9 Å². The summed E-state index contributed by atoms with van der Waals surface area (Å²) in [6, 6.07) is 33.1. The third-order valence-electron chi connectivity index (χ3n) is 6.34. The van der Waals surface area contributed by atoms with Gasteiger partial charge in [-0.05, 0) is 59.9 Å². The topological polar surface area (TPSA) is 49.3 Å². The maximum Gasteiger partial charge on any atom is 0.261 e. The van der Waals surface area contributed by atoms with Gasteiger partial charge in [-0.3, -0.25) is 4.79 Å². The van der Waals surface area contributed by atoms with E-state index >= 15 is 0 Å². The van der Waals surface area contributed by atoms with Crippen molar-refractivity contribution in [3.63, 3.8) is 0 Å². The summed E-state index contributed by atoms with van der Waals surface area (Å²) in [6.07, 6.45) is 0.676. The Morgan fingerprint density at radius 3 is 1.71 bits per heavy atom. The van der Waals surface area contributed by atoms with Gasteiger partial charge in [-0.25, -0.2) is 0 Å². The van der Waals surface area contributed by atoms with E-state index in [9.17, 15) is 9.90 Å². The Morgan fingerprint density at radius 1 is 0.771 bits per heavy atom. The number of hydrogen-bond donors (Lipinski definition) is 2. The molecule has 2 N–H and O–H groups in total. The number of benzene rings is 4. The van der Waals surface area contributed by atoms with Gasteiger partial charge in [-0.1, -0.05) is 108 Å². The van der Waals surface area contributed by atoms with Crippen molar-refractivity contribution in [1.82, 2.24) is 5.32 Å². The van der Waals surface area contributed by atoms with E-state index in [-0.39, 0.29) is 12.0 Å². The molecule has 0 radical (unpaired) electrons. The molecule has 5 heteroatoms. The van der Waals surface area contributed by atoms with E-state index in [2.05, 4.69) is 5.32 Å². The fourth-order valence-electron chi connectivity index (χ4n) is 4.37. The first-order valence-electron chi connectivity index (χ1n) is 11.5. The van der Waals surface area contributed by atoms with Gasteiger partial charge in [0, 0.05) is 22.0 Å². The Bertz CT molecular complexity index is 1200. The molecule has 0 saturated carbocycles. The second kappa shape index (κ2) is 11.1. The van der Waals surface area contributed by atoms with Crippen LogP contribution in [0.15, 0.2) is 109 Å². The minimum Gasteiger partial charge on any atom is -0.372 e. The summed E-state index contributed by atoms with van der Waals surface area (Å²) in [5.41, 5.74) is 1.33. The van der Waals surface area contributed by atoms with Crippen LogP contribution in [0.25, 0.3) is 0 Å². The fourth-order valence-corrected chi connectivity index (χ4v) is 4.62. The molecule has 0 fully saturated rings. The minimum absolute atomic E-state index is 0.0619. The van der Waals surface area contributed by atoms with Crippen molar-refractivity contribution in [1.29, 1.82) is 0 Å². The van der Waals surface area contributed by atoms with Crippen LogP contribution in [-0.4, -0.2) is 17.1 Å². The van der Waals surface area contributed by atoms with Crippen LogP contribution in [0.2, 0.25) is 10.0 Å². The van der Waals surface area contributed by atoms with E-state index < -0.39 is 11.5 Å². The molecule has 0 spiro atoms. The zero-order chi connectivity index (χ0) is 24.8. The van der Waals surface area contributed by atoms with Gasteiger partial charge in [0.1, 0.15) is 0 Å². The van der Waals surface area contributed by atoms with Gasteiger partial charge in [0.05, 0.1) is 0 Å². The molecule has 0 aliphatic rings. The zero-order valence-electron chi connectivity index (χ0n) is 19.4. The van der Waals surface area contributed by atoms with Crippen molar-refractivity contribution in [3.05, 3.63) is 141 Å². The number of carbonyl (C=O) groups excluding carboxylic acids is 1. The van der Waals surface area contributed by atoms with Crippen LogP contribution in [0.4, 0.5) is 0 Å². The average Bonchev–Trinajstić information content (AvgIpc) is 2.89. The van der Waals surface area contributed by atoms with Crippen LogP contribution >= 0.6 is 23.2 Å². The van der Waals surface area contributed by atoms with Gasteiger partial charge >= 0.3 is 0 Å². The number of amides is 1. The molecular weight excluding hydrogens is 477 g/mol. The quantitative estimate of drug-likeness (QED) is 0.279. The normalized spacial score (nSPS) is 13.1. The van der Waals surface area contributed by atoms with Crippen molar-refractivity contribution in [2.24, 2.45) is 0 Å². The van der Waals surface area contributed by atoms with Crippen LogP contribution < -0.4 is 5.32 Å². The van der Waals surface area contributed by atoms with Gasteiger partial charge in [0.15, 0.2) is 5.60 Å². The maximum absolute atomic E-state index is 13.8. The number of nitrogens with one attached hydrogen (secondary N) is 1. The Kier molecular flexibility index (Phi) is 7.92. The van der Waals surface area contributed by atoms with Crippen molar-refractivity contribution in [3.8, 4) is 0 Å². The van der Waals surface area contributed by atoms with Crippen molar-refractivity contribution in [2.45, 2.75) is 30.9 Å². The Morgan fingerprint density at radius 2 is 1.23 bits per heavy atom. The van der Waals surface area contributed by atoms with E-state index in [4.69, 9.17) is 23.2 Å². The van der Waals surface area contributed by atoms with Gasteiger partial charge in [-0.15, -0.1) is 0 Å². The Balaban J connectivity index is 1.67. The molecule has 3 nitrogen and oxygen atoms in total. The lowest BCUT2D eigenvalue weighted by atomic mass is 9.83. The van der Waals surface area contributed by atoms with Crippen LogP contribution in [0.3, 0.4) is 0 Å². The lowest BCUT2D eigenvalue weighted by Gasteiger charge is -2.32. The second-order valence-corrected chi connectivity index (χ2v) is 9.57. The molecule has 0 aromatic heterocycles. The highest BCUT2D eigenvalue weighted by Crippen LogP contribution is 2.32. The van der Waals surface area contributed by atoms with Crippen molar-refractivity contribution >= 4 is 29.1 Å². The largest absolute Gasteiger partial charge is 0.372 e. The van der Waals surface area contributed by atoms with Gasteiger partial charge < -0.3 is 10.4 Å². The molecule has 4 aromatic rings. The molecule has 2 unspecified atom stereocenters. The van der Waals surface area contributed by atoms with Crippen LogP contribution in [0.1, 0.15) is 35.1 Å².